The van der Waals surface area contributed by atoms with Crippen LogP contribution in [0.2, 0.25) is 0 Å². The molecule has 1 aliphatic rings. The van der Waals surface area contributed by atoms with Gasteiger partial charge in [0, 0.05) is 10.9 Å². The van der Waals surface area contributed by atoms with Crippen molar-refractivity contribution in [3.05, 3.63) is 46.8 Å². The topological polar surface area (TPSA) is 3.24 Å². The zero-order chi connectivity index (χ0) is 15.4. The minimum Gasteiger partial charge on any atom is -0.300 e. The van der Waals surface area contributed by atoms with Crippen molar-refractivity contribution in [2.24, 2.45) is 0 Å². The molecule has 22 heavy (non-hydrogen) atoms. The Morgan fingerprint density at radius 1 is 1.09 bits per heavy atom. The molecule has 0 fully saturated rings. The van der Waals surface area contributed by atoms with Gasteiger partial charge < -0.3 is 4.90 Å². The summed E-state index contributed by atoms with van der Waals surface area (Å²) in [5.74, 6) is 0. The molecule has 1 aliphatic carbocycles. The number of aryl methyl sites for hydroxylation is 1. The summed E-state index contributed by atoms with van der Waals surface area (Å²) in [6.45, 7) is 7.09. The Morgan fingerprint density at radius 3 is 2.59 bits per heavy atom. The van der Waals surface area contributed by atoms with Crippen molar-refractivity contribution in [3.63, 3.8) is 0 Å². The first-order valence-electron chi connectivity index (χ1n) is 8.72. The van der Waals surface area contributed by atoms with Crippen molar-refractivity contribution in [3.8, 4) is 10.4 Å². The molecule has 0 bridgehead atoms. The van der Waals surface area contributed by atoms with Crippen molar-refractivity contribution in [1.29, 1.82) is 0 Å². The van der Waals surface area contributed by atoms with Crippen molar-refractivity contribution < 1.29 is 0 Å². The molecule has 0 radical (unpaired) electrons. The molecule has 1 aromatic carbocycles. The maximum Gasteiger partial charge on any atom is 0.0345 e. The summed E-state index contributed by atoms with van der Waals surface area (Å²) in [7, 11) is 0. The third kappa shape index (κ3) is 3.28. The Labute approximate surface area is 139 Å². The van der Waals surface area contributed by atoms with E-state index < -0.39 is 0 Å². The van der Waals surface area contributed by atoms with Crippen LogP contribution < -0.4 is 0 Å². The number of thiophene rings is 1. The minimum atomic E-state index is 0.730. The number of benzene rings is 1. The fourth-order valence-electron chi connectivity index (χ4n) is 3.80. The first-order chi connectivity index (χ1) is 10.8. The molecule has 2 aromatic rings. The van der Waals surface area contributed by atoms with Gasteiger partial charge in [-0.3, -0.25) is 0 Å². The highest BCUT2D eigenvalue weighted by molar-refractivity contribution is 7.13. The molecular formula is C20H27NS. The molecule has 1 nitrogen and oxygen atoms in total. The lowest BCUT2D eigenvalue weighted by Crippen LogP contribution is -2.40. The van der Waals surface area contributed by atoms with Gasteiger partial charge in [-0.05, 0) is 73.3 Å². The van der Waals surface area contributed by atoms with Gasteiger partial charge in [-0.1, -0.05) is 38.1 Å². The van der Waals surface area contributed by atoms with Crippen LogP contribution in [0.1, 0.15) is 44.2 Å². The second-order valence-corrected chi connectivity index (χ2v) is 7.30. The first-order valence-corrected chi connectivity index (χ1v) is 9.60. The van der Waals surface area contributed by atoms with Gasteiger partial charge >= 0.3 is 0 Å². The van der Waals surface area contributed by atoms with E-state index in [1.807, 2.05) is 11.3 Å². The Bertz CT molecular complexity index is 582. The molecule has 3 rings (SSSR count). The molecule has 118 valence electrons. The largest absolute Gasteiger partial charge is 0.300 e. The molecule has 0 aliphatic heterocycles. The number of rotatable bonds is 6. The third-order valence-corrected chi connectivity index (χ3v) is 5.69. The van der Waals surface area contributed by atoms with Crippen molar-refractivity contribution >= 4 is 11.3 Å². The summed E-state index contributed by atoms with van der Waals surface area (Å²) in [5, 5.41) is 2.19. The summed E-state index contributed by atoms with van der Waals surface area (Å²) in [5.41, 5.74) is 4.67. The zero-order valence-electron chi connectivity index (χ0n) is 13.8. The summed E-state index contributed by atoms with van der Waals surface area (Å²) >= 11 is 1.87. The quantitative estimate of drug-likeness (QED) is 0.690. The van der Waals surface area contributed by atoms with Crippen LogP contribution in [-0.4, -0.2) is 24.0 Å². The lowest BCUT2D eigenvalue weighted by molar-refractivity contribution is 0.180. The van der Waals surface area contributed by atoms with Crippen molar-refractivity contribution in [2.75, 3.05) is 13.1 Å². The normalized spacial score (nSPS) is 17.7. The molecule has 0 saturated carbocycles. The second kappa shape index (κ2) is 7.43. The van der Waals surface area contributed by atoms with E-state index >= 15 is 0 Å². The standard InChI is InChI=1S/C20H27NS/c1-3-12-21(13-4-2)17-11-10-16-7-5-8-18(19(16)15-17)20-9-6-14-22-20/h5-9,14,17H,3-4,10-13,15H2,1-2H3/t17-/m1/s1. The SMILES string of the molecule is CCCN(CCC)[C@@H]1CCc2cccc(-c3cccs3)c2C1. The fourth-order valence-corrected chi connectivity index (χ4v) is 4.57. The lowest BCUT2D eigenvalue weighted by Gasteiger charge is -2.35. The Kier molecular flexibility index (Phi) is 5.32. The monoisotopic (exact) mass is 313 g/mol. The number of nitrogens with zero attached hydrogens (tertiary/aromatic N) is 1. The summed E-state index contributed by atoms with van der Waals surface area (Å²) in [4.78, 5) is 4.16. The molecule has 1 aromatic heterocycles. The van der Waals surface area contributed by atoms with E-state index in [-0.39, 0.29) is 0 Å². The fraction of sp³-hybridized carbons (Fsp3) is 0.500. The second-order valence-electron chi connectivity index (χ2n) is 6.35. The minimum absolute atomic E-state index is 0.730. The molecule has 0 spiro atoms. The molecular weight excluding hydrogens is 286 g/mol. The van der Waals surface area contributed by atoms with Gasteiger partial charge in [0.15, 0.2) is 0 Å². The molecule has 1 heterocycles. The van der Waals surface area contributed by atoms with Crippen LogP contribution in [0, 0.1) is 0 Å². The first kappa shape index (κ1) is 15.8. The number of fused-ring (bicyclic) bond motifs is 1. The van der Waals surface area contributed by atoms with Gasteiger partial charge in [0.25, 0.3) is 0 Å². The molecule has 2 heteroatoms. The highest BCUT2D eigenvalue weighted by atomic mass is 32.1. The van der Waals surface area contributed by atoms with Gasteiger partial charge in [-0.2, -0.15) is 0 Å². The molecule has 1 atom stereocenters. The molecule has 0 N–H and O–H groups in total. The Balaban J connectivity index is 1.88. The number of hydrogen-bond acceptors (Lipinski definition) is 2. The predicted octanol–water partition coefficient (Wildman–Crippen LogP) is 5.39. The Morgan fingerprint density at radius 2 is 1.91 bits per heavy atom. The maximum absolute atomic E-state index is 2.73. The van der Waals surface area contributed by atoms with Crippen molar-refractivity contribution in [2.45, 2.75) is 52.0 Å². The van der Waals surface area contributed by atoms with E-state index in [9.17, 15) is 0 Å². The van der Waals surface area contributed by atoms with Gasteiger partial charge in [-0.25, -0.2) is 0 Å². The van der Waals surface area contributed by atoms with Crippen LogP contribution >= 0.6 is 11.3 Å². The smallest absolute Gasteiger partial charge is 0.0345 e. The number of hydrogen-bond donors (Lipinski definition) is 0. The zero-order valence-corrected chi connectivity index (χ0v) is 14.7. The van der Waals surface area contributed by atoms with Gasteiger partial charge in [0.2, 0.25) is 0 Å². The van der Waals surface area contributed by atoms with Crippen LogP contribution in [0.3, 0.4) is 0 Å². The van der Waals surface area contributed by atoms with Crippen LogP contribution in [0.5, 0.6) is 0 Å². The average molecular weight is 314 g/mol. The van der Waals surface area contributed by atoms with E-state index in [1.54, 1.807) is 11.1 Å². The highest BCUT2D eigenvalue weighted by Crippen LogP contribution is 2.35. The Hall–Kier alpha value is -1.12. The van der Waals surface area contributed by atoms with E-state index in [4.69, 9.17) is 0 Å². The third-order valence-electron chi connectivity index (χ3n) is 4.78. The summed E-state index contributed by atoms with van der Waals surface area (Å²) in [6.07, 6.45) is 6.30. The molecule has 0 amide bonds. The van der Waals surface area contributed by atoms with Gasteiger partial charge in [-0.15, -0.1) is 11.3 Å². The maximum atomic E-state index is 2.73. The van der Waals surface area contributed by atoms with Crippen LogP contribution in [0.25, 0.3) is 10.4 Å². The average Bonchev–Trinajstić information content (AvgIpc) is 3.08. The van der Waals surface area contributed by atoms with Crippen LogP contribution in [-0.2, 0) is 12.8 Å². The van der Waals surface area contributed by atoms with E-state index in [0.717, 1.165) is 6.04 Å². The molecule has 0 saturated heterocycles. The van der Waals surface area contributed by atoms with E-state index in [2.05, 4.69) is 54.5 Å². The van der Waals surface area contributed by atoms with Crippen molar-refractivity contribution in [1.82, 2.24) is 4.90 Å². The van der Waals surface area contributed by atoms with E-state index in [1.165, 1.54) is 55.6 Å². The lowest BCUT2D eigenvalue weighted by atomic mass is 9.84. The highest BCUT2D eigenvalue weighted by Gasteiger charge is 2.25. The summed E-state index contributed by atoms with van der Waals surface area (Å²) < 4.78 is 0. The summed E-state index contributed by atoms with van der Waals surface area (Å²) in [6, 6.07) is 12.1. The van der Waals surface area contributed by atoms with Gasteiger partial charge in [0.05, 0.1) is 0 Å². The molecule has 0 unspecified atom stereocenters. The van der Waals surface area contributed by atoms with E-state index in [0.29, 0.717) is 0 Å². The van der Waals surface area contributed by atoms with Gasteiger partial charge in [0.1, 0.15) is 0 Å². The van der Waals surface area contributed by atoms with Crippen LogP contribution in [0.4, 0.5) is 0 Å². The predicted molar refractivity (Wildman–Crippen MR) is 97.7 cm³/mol. The van der Waals surface area contributed by atoms with Crippen LogP contribution in [0.15, 0.2) is 35.7 Å².